The first-order chi connectivity index (χ1) is 10.6. The van der Waals surface area contributed by atoms with Gasteiger partial charge in [-0.1, -0.05) is 24.3 Å². The molecule has 0 radical (unpaired) electrons. The summed E-state index contributed by atoms with van der Waals surface area (Å²) >= 11 is 2.67. The number of benzene rings is 2. The molecule has 0 saturated carbocycles. The highest BCUT2D eigenvalue weighted by Gasteiger charge is 2.37. The van der Waals surface area contributed by atoms with E-state index in [0.29, 0.717) is 17.7 Å². The number of ketones is 1. The van der Waals surface area contributed by atoms with Gasteiger partial charge in [-0.25, -0.2) is 8.78 Å². The van der Waals surface area contributed by atoms with Crippen LogP contribution in [-0.2, 0) is 12.6 Å². The second-order valence-corrected chi connectivity index (χ2v) is 6.17. The molecule has 0 fully saturated rings. The number of carbonyl (C=O) groups excluding carboxylic acids is 1. The molecule has 0 saturated heterocycles. The van der Waals surface area contributed by atoms with Gasteiger partial charge in [0.05, 0.1) is 5.56 Å². The average molecular weight is 393 g/mol. The average Bonchev–Trinajstić information content (AvgIpc) is 2.48. The Labute approximate surface area is 137 Å². The quantitative estimate of drug-likeness (QED) is 0.390. The molecule has 0 N–H and O–H groups in total. The molecule has 0 aliphatic heterocycles. The second kappa shape index (κ2) is 6.39. The van der Waals surface area contributed by atoms with Crippen LogP contribution in [0.1, 0.15) is 21.5 Å². The van der Waals surface area contributed by atoms with E-state index >= 15 is 0 Å². The third kappa shape index (κ3) is 4.37. The molecule has 0 aliphatic rings. The molecule has 0 spiro atoms. The highest BCUT2D eigenvalue weighted by atomic mass is 79.9. The minimum absolute atomic E-state index is 0.195. The zero-order valence-electron chi connectivity index (χ0n) is 11.5. The first kappa shape index (κ1) is 17.6. The molecule has 7 heteroatoms. The fourth-order valence-corrected chi connectivity index (χ4v) is 2.51. The van der Waals surface area contributed by atoms with Gasteiger partial charge in [-0.2, -0.15) is 13.2 Å². The third-order valence-electron chi connectivity index (χ3n) is 3.15. The lowest BCUT2D eigenvalue weighted by Gasteiger charge is -2.17. The van der Waals surface area contributed by atoms with E-state index in [4.69, 9.17) is 0 Å². The Morgan fingerprint density at radius 1 is 0.913 bits per heavy atom. The maximum Gasteiger partial charge on any atom is 0.416 e. The van der Waals surface area contributed by atoms with Gasteiger partial charge in [-0.15, -0.1) is 0 Å². The summed E-state index contributed by atoms with van der Waals surface area (Å²) < 4.78 is 62.3. The molecular weight excluding hydrogens is 383 g/mol. The number of Topliss-reactive ketones (excluding diaryl/α,β-unsaturated/α-hetero) is 1. The fraction of sp³-hybridized carbons (Fsp3) is 0.188. The van der Waals surface area contributed by atoms with Gasteiger partial charge < -0.3 is 0 Å². The van der Waals surface area contributed by atoms with Gasteiger partial charge in [-0.05, 0) is 45.8 Å². The predicted octanol–water partition coefficient (Wildman–Crippen LogP) is 5.33. The van der Waals surface area contributed by atoms with E-state index in [0.717, 1.165) is 24.3 Å². The Kier molecular flexibility index (Phi) is 4.89. The second-order valence-electron chi connectivity index (χ2n) is 4.91. The summed E-state index contributed by atoms with van der Waals surface area (Å²) in [4.78, 5) is 12.1. The van der Waals surface area contributed by atoms with Crippen molar-refractivity contribution in [2.45, 2.75) is 17.2 Å². The van der Waals surface area contributed by atoms with Gasteiger partial charge in [-0.3, -0.25) is 4.79 Å². The molecule has 0 bridgehead atoms. The monoisotopic (exact) mass is 392 g/mol. The molecule has 0 amide bonds. The lowest BCUT2D eigenvalue weighted by molar-refractivity contribution is -0.137. The normalized spacial score (nSPS) is 14.3. The van der Waals surface area contributed by atoms with Gasteiger partial charge in [0.15, 0.2) is 0 Å². The molecule has 0 heterocycles. The number of halogens is 6. The molecule has 0 aliphatic carbocycles. The first-order valence-corrected chi connectivity index (χ1v) is 7.23. The van der Waals surface area contributed by atoms with Crippen molar-refractivity contribution in [1.82, 2.24) is 0 Å². The zero-order valence-corrected chi connectivity index (χ0v) is 13.1. The summed E-state index contributed by atoms with van der Waals surface area (Å²) in [5.74, 6) is -1.50. The SMILES string of the molecule is O=C(c1ccc(C(F)(F)F)cc1)C(F)(Br)Cc1ccc(F)cc1. The zero-order chi connectivity index (χ0) is 17.3. The van der Waals surface area contributed by atoms with E-state index in [-0.39, 0.29) is 12.0 Å². The van der Waals surface area contributed by atoms with Crippen molar-refractivity contribution in [3.63, 3.8) is 0 Å². The van der Waals surface area contributed by atoms with Crippen LogP contribution in [0.25, 0.3) is 0 Å². The highest BCUT2D eigenvalue weighted by Crippen LogP contribution is 2.32. The van der Waals surface area contributed by atoms with E-state index in [9.17, 15) is 26.7 Å². The van der Waals surface area contributed by atoms with Crippen LogP contribution < -0.4 is 0 Å². The van der Waals surface area contributed by atoms with Crippen molar-refractivity contribution in [2.24, 2.45) is 0 Å². The van der Waals surface area contributed by atoms with E-state index in [1.165, 1.54) is 12.1 Å². The summed E-state index contributed by atoms with van der Waals surface area (Å²) in [6.45, 7) is 0. The molecule has 0 aromatic heterocycles. The van der Waals surface area contributed by atoms with Crippen LogP contribution in [0.4, 0.5) is 22.0 Å². The summed E-state index contributed by atoms with van der Waals surface area (Å²) in [5.41, 5.74) is -0.753. The Balaban J connectivity index is 2.19. The van der Waals surface area contributed by atoms with Crippen LogP contribution in [0.2, 0.25) is 0 Å². The molecule has 23 heavy (non-hydrogen) atoms. The maximum atomic E-state index is 14.5. The maximum absolute atomic E-state index is 14.5. The van der Waals surface area contributed by atoms with Gasteiger partial charge in [0.25, 0.3) is 0 Å². The van der Waals surface area contributed by atoms with Crippen LogP contribution in [0, 0.1) is 5.82 Å². The Bertz CT molecular complexity index is 690. The van der Waals surface area contributed by atoms with Gasteiger partial charge in [0.2, 0.25) is 10.4 Å². The van der Waals surface area contributed by atoms with Crippen LogP contribution >= 0.6 is 15.9 Å². The third-order valence-corrected chi connectivity index (χ3v) is 3.79. The summed E-state index contributed by atoms with van der Waals surface area (Å²) in [7, 11) is 0. The smallest absolute Gasteiger partial charge is 0.289 e. The Morgan fingerprint density at radius 2 is 1.43 bits per heavy atom. The molecule has 2 aromatic rings. The molecule has 1 nitrogen and oxygen atoms in total. The number of hydrogen-bond donors (Lipinski definition) is 0. The van der Waals surface area contributed by atoms with Crippen molar-refractivity contribution < 1.29 is 26.7 Å². The van der Waals surface area contributed by atoms with E-state index < -0.39 is 27.9 Å². The first-order valence-electron chi connectivity index (χ1n) is 6.44. The lowest BCUT2D eigenvalue weighted by atomic mass is 10.00. The summed E-state index contributed by atoms with van der Waals surface area (Å²) in [6.07, 6.45) is -4.91. The van der Waals surface area contributed by atoms with Crippen LogP contribution in [0.5, 0.6) is 0 Å². The minimum Gasteiger partial charge on any atom is -0.289 e. The summed E-state index contributed by atoms with van der Waals surface area (Å²) in [5, 5.41) is 0. The van der Waals surface area contributed by atoms with Crippen LogP contribution in [-0.4, -0.2) is 10.4 Å². The van der Waals surface area contributed by atoms with Crippen molar-refractivity contribution in [2.75, 3.05) is 0 Å². The van der Waals surface area contributed by atoms with Crippen molar-refractivity contribution in [1.29, 1.82) is 0 Å². The molecule has 1 atom stereocenters. The highest BCUT2D eigenvalue weighted by molar-refractivity contribution is 9.10. The van der Waals surface area contributed by atoms with Crippen molar-refractivity contribution in [3.05, 3.63) is 71.0 Å². The molecular formula is C16H10BrF5O. The molecule has 2 aromatic carbocycles. The van der Waals surface area contributed by atoms with Crippen LogP contribution in [0.3, 0.4) is 0 Å². The predicted molar refractivity (Wildman–Crippen MR) is 78.6 cm³/mol. The van der Waals surface area contributed by atoms with E-state index in [1.54, 1.807) is 0 Å². The van der Waals surface area contributed by atoms with Crippen molar-refractivity contribution in [3.8, 4) is 0 Å². The number of hydrogen-bond acceptors (Lipinski definition) is 1. The molecule has 2 rings (SSSR count). The van der Waals surface area contributed by atoms with Crippen LogP contribution in [0.15, 0.2) is 48.5 Å². The topological polar surface area (TPSA) is 17.1 Å². The molecule has 1 unspecified atom stereocenters. The Hall–Kier alpha value is -1.76. The molecule has 122 valence electrons. The lowest BCUT2D eigenvalue weighted by Crippen LogP contribution is -2.29. The fourth-order valence-electron chi connectivity index (χ4n) is 1.96. The standard InChI is InChI=1S/C16H10BrF5O/c17-15(19,9-10-1-7-13(18)8-2-10)14(23)11-3-5-12(6-4-11)16(20,21)22/h1-8H,9H2. The minimum atomic E-state index is -4.53. The van der Waals surface area contributed by atoms with Gasteiger partial charge in [0.1, 0.15) is 5.82 Å². The summed E-state index contributed by atoms with van der Waals surface area (Å²) in [6, 6.07) is 8.18. The van der Waals surface area contributed by atoms with Gasteiger partial charge >= 0.3 is 6.18 Å². The number of rotatable bonds is 4. The van der Waals surface area contributed by atoms with Gasteiger partial charge in [0, 0.05) is 12.0 Å². The number of carbonyl (C=O) groups is 1. The van der Waals surface area contributed by atoms with E-state index in [2.05, 4.69) is 15.9 Å². The van der Waals surface area contributed by atoms with Crippen molar-refractivity contribution >= 4 is 21.7 Å². The Morgan fingerprint density at radius 3 is 1.91 bits per heavy atom. The van der Waals surface area contributed by atoms with E-state index in [1.807, 2.05) is 0 Å². The number of alkyl halides is 5. The largest absolute Gasteiger partial charge is 0.416 e.